The summed E-state index contributed by atoms with van der Waals surface area (Å²) in [5, 5.41) is 9.60. The molecule has 2 atom stereocenters. The number of hydrogen-bond acceptors (Lipinski definition) is 3. The summed E-state index contributed by atoms with van der Waals surface area (Å²) in [6, 6.07) is 5.91. The highest BCUT2D eigenvalue weighted by Gasteiger charge is 2.44. The van der Waals surface area contributed by atoms with Crippen molar-refractivity contribution in [3.8, 4) is 0 Å². The lowest BCUT2D eigenvalue weighted by Gasteiger charge is -2.40. The van der Waals surface area contributed by atoms with Crippen LogP contribution in [0.15, 0.2) is 24.3 Å². The minimum Gasteiger partial charge on any atom is -0.481 e. The van der Waals surface area contributed by atoms with Gasteiger partial charge < -0.3 is 14.7 Å². The minimum absolute atomic E-state index is 0.0828. The lowest BCUT2D eigenvalue weighted by molar-refractivity contribution is -0.159. The highest BCUT2D eigenvalue weighted by Crippen LogP contribution is 2.33. The quantitative estimate of drug-likeness (QED) is 0.867. The molecule has 2 unspecified atom stereocenters. The number of carbonyl (C=O) groups is 2. The van der Waals surface area contributed by atoms with E-state index >= 15 is 0 Å². The lowest BCUT2D eigenvalue weighted by Crippen LogP contribution is -2.53. The number of amides is 1. The number of rotatable bonds is 6. The Morgan fingerprint density at radius 3 is 2.58 bits per heavy atom. The third-order valence-electron chi connectivity index (χ3n) is 4.74. The molecule has 0 aromatic heterocycles. The van der Waals surface area contributed by atoms with Crippen LogP contribution in [0.5, 0.6) is 0 Å². The van der Waals surface area contributed by atoms with Crippen molar-refractivity contribution in [1.82, 2.24) is 4.90 Å². The molecule has 2 rings (SSSR count). The van der Waals surface area contributed by atoms with E-state index in [1.807, 2.05) is 6.92 Å². The van der Waals surface area contributed by atoms with Crippen molar-refractivity contribution in [3.05, 3.63) is 35.6 Å². The Bertz CT molecular complexity index is 585. The van der Waals surface area contributed by atoms with Gasteiger partial charge in [0.15, 0.2) is 0 Å². The van der Waals surface area contributed by atoms with Gasteiger partial charge in [0.25, 0.3) is 0 Å². The van der Waals surface area contributed by atoms with E-state index < -0.39 is 17.3 Å². The number of piperidine rings is 1. The maximum Gasteiger partial charge on any atom is 0.313 e. The Balaban J connectivity index is 2.20. The van der Waals surface area contributed by atoms with Gasteiger partial charge in [0.05, 0.1) is 12.5 Å². The average molecular weight is 337 g/mol. The summed E-state index contributed by atoms with van der Waals surface area (Å²) in [5.41, 5.74) is -0.300. The third-order valence-corrected chi connectivity index (χ3v) is 4.74. The Morgan fingerprint density at radius 2 is 2.04 bits per heavy atom. The molecule has 5 nitrogen and oxygen atoms in total. The SMILES string of the molecule is CCC(C(=O)N1CCCC(COC)(C(=O)O)C1)c1ccc(F)cc1. The fourth-order valence-electron chi connectivity index (χ4n) is 3.42. The fraction of sp³-hybridized carbons (Fsp3) is 0.556. The number of methoxy groups -OCH3 is 1. The zero-order valence-electron chi connectivity index (χ0n) is 14.1. The van der Waals surface area contributed by atoms with Crippen LogP contribution in [0.1, 0.15) is 37.7 Å². The van der Waals surface area contributed by atoms with Crippen LogP contribution >= 0.6 is 0 Å². The second-order valence-corrected chi connectivity index (χ2v) is 6.39. The van der Waals surface area contributed by atoms with Gasteiger partial charge in [-0.3, -0.25) is 9.59 Å². The molecule has 0 radical (unpaired) electrons. The number of carboxylic acids is 1. The van der Waals surface area contributed by atoms with Crippen LogP contribution in [0.4, 0.5) is 4.39 Å². The third kappa shape index (κ3) is 3.75. The average Bonchev–Trinajstić information content (AvgIpc) is 2.57. The van der Waals surface area contributed by atoms with Gasteiger partial charge >= 0.3 is 5.97 Å². The molecule has 1 heterocycles. The smallest absolute Gasteiger partial charge is 0.313 e. The highest BCUT2D eigenvalue weighted by molar-refractivity contribution is 5.85. The molecule has 0 aliphatic carbocycles. The molecule has 1 amide bonds. The van der Waals surface area contributed by atoms with Crippen molar-refractivity contribution in [3.63, 3.8) is 0 Å². The molecule has 1 saturated heterocycles. The first kappa shape index (κ1) is 18.4. The van der Waals surface area contributed by atoms with Crippen LogP contribution in [0.3, 0.4) is 0 Å². The Morgan fingerprint density at radius 1 is 1.38 bits per heavy atom. The first-order valence-corrected chi connectivity index (χ1v) is 8.20. The number of hydrogen-bond donors (Lipinski definition) is 1. The van der Waals surface area contributed by atoms with Crippen molar-refractivity contribution in [2.45, 2.75) is 32.1 Å². The van der Waals surface area contributed by atoms with E-state index in [0.29, 0.717) is 25.8 Å². The number of carboxylic acid groups (broad SMARTS) is 1. The molecular weight excluding hydrogens is 313 g/mol. The van der Waals surface area contributed by atoms with E-state index in [9.17, 15) is 19.1 Å². The Labute approximate surface area is 141 Å². The van der Waals surface area contributed by atoms with Crippen LogP contribution in [0.2, 0.25) is 0 Å². The van der Waals surface area contributed by atoms with Crippen molar-refractivity contribution >= 4 is 11.9 Å². The van der Waals surface area contributed by atoms with Gasteiger partial charge in [-0.2, -0.15) is 0 Å². The Hall–Kier alpha value is -1.95. The number of nitrogens with zero attached hydrogens (tertiary/aromatic N) is 1. The first-order valence-electron chi connectivity index (χ1n) is 8.20. The molecule has 6 heteroatoms. The Kier molecular flexibility index (Phi) is 5.94. The van der Waals surface area contributed by atoms with Crippen LogP contribution in [0.25, 0.3) is 0 Å². The normalized spacial score (nSPS) is 22.2. The van der Waals surface area contributed by atoms with Gasteiger partial charge in [-0.05, 0) is 37.0 Å². The molecular formula is C18H24FNO4. The van der Waals surface area contributed by atoms with E-state index in [-0.39, 0.29) is 24.9 Å². The van der Waals surface area contributed by atoms with Crippen molar-refractivity contribution < 1.29 is 23.8 Å². The van der Waals surface area contributed by atoms with Gasteiger partial charge in [0.2, 0.25) is 5.91 Å². The van der Waals surface area contributed by atoms with E-state index in [0.717, 1.165) is 5.56 Å². The number of likely N-dealkylation sites (tertiary alicyclic amines) is 1. The molecule has 132 valence electrons. The molecule has 1 aromatic carbocycles. The minimum atomic E-state index is -1.05. The molecule has 0 saturated carbocycles. The largest absolute Gasteiger partial charge is 0.481 e. The second kappa shape index (κ2) is 7.75. The monoisotopic (exact) mass is 337 g/mol. The first-order chi connectivity index (χ1) is 11.4. The number of ether oxygens (including phenoxy) is 1. The van der Waals surface area contributed by atoms with Gasteiger partial charge in [0.1, 0.15) is 11.2 Å². The second-order valence-electron chi connectivity index (χ2n) is 6.39. The van der Waals surface area contributed by atoms with E-state index in [4.69, 9.17) is 4.74 Å². The molecule has 1 fully saturated rings. The highest BCUT2D eigenvalue weighted by atomic mass is 19.1. The summed E-state index contributed by atoms with van der Waals surface area (Å²) in [5.74, 6) is -1.77. The number of benzene rings is 1. The lowest BCUT2D eigenvalue weighted by atomic mass is 9.80. The zero-order chi connectivity index (χ0) is 17.7. The molecule has 0 spiro atoms. The predicted octanol–water partition coefficient (Wildman–Crippen LogP) is 2.66. The maximum atomic E-state index is 13.1. The van der Waals surface area contributed by atoms with E-state index in [2.05, 4.69) is 0 Å². The van der Waals surface area contributed by atoms with Gasteiger partial charge in [-0.25, -0.2) is 4.39 Å². The summed E-state index contributed by atoms with van der Waals surface area (Å²) in [7, 11) is 1.47. The van der Waals surface area contributed by atoms with Gasteiger partial charge in [-0.15, -0.1) is 0 Å². The van der Waals surface area contributed by atoms with Gasteiger partial charge in [-0.1, -0.05) is 19.1 Å². The van der Waals surface area contributed by atoms with E-state index in [1.54, 1.807) is 17.0 Å². The van der Waals surface area contributed by atoms with Crippen molar-refractivity contribution in [2.75, 3.05) is 26.8 Å². The number of aliphatic carboxylic acids is 1. The summed E-state index contributed by atoms with van der Waals surface area (Å²) in [4.78, 5) is 26.3. The number of halogens is 1. The topological polar surface area (TPSA) is 66.8 Å². The molecule has 24 heavy (non-hydrogen) atoms. The standard InChI is InChI=1S/C18H24FNO4/c1-3-15(13-5-7-14(19)8-6-13)16(21)20-10-4-9-18(11-20,12-24-2)17(22)23/h5-8,15H,3-4,9-12H2,1-2H3,(H,22,23). The summed E-state index contributed by atoms with van der Waals surface area (Å²) in [6.45, 7) is 2.66. The van der Waals surface area contributed by atoms with Gasteiger partial charge in [0, 0.05) is 20.2 Å². The molecule has 1 N–H and O–H groups in total. The zero-order valence-corrected chi connectivity index (χ0v) is 14.1. The molecule has 1 aromatic rings. The van der Waals surface area contributed by atoms with E-state index in [1.165, 1.54) is 19.2 Å². The fourth-order valence-corrected chi connectivity index (χ4v) is 3.42. The van der Waals surface area contributed by atoms with Crippen LogP contribution in [-0.4, -0.2) is 48.7 Å². The van der Waals surface area contributed by atoms with Crippen LogP contribution < -0.4 is 0 Å². The summed E-state index contributed by atoms with van der Waals surface area (Å²) in [6.07, 6.45) is 1.69. The van der Waals surface area contributed by atoms with Crippen LogP contribution in [-0.2, 0) is 14.3 Å². The summed E-state index contributed by atoms with van der Waals surface area (Å²) >= 11 is 0. The maximum absolute atomic E-state index is 13.1. The van der Waals surface area contributed by atoms with Crippen molar-refractivity contribution in [1.29, 1.82) is 0 Å². The predicted molar refractivity (Wildman–Crippen MR) is 87.2 cm³/mol. The molecule has 0 bridgehead atoms. The van der Waals surface area contributed by atoms with Crippen molar-refractivity contribution in [2.24, 2.45) is 5.41 Å². The molecule has 1 aliphatic heterocycles. The number of carbonyl (C=O) groups excluding carboxylic acids is 1. The summed E-state index contributed by atoms with van der Waals surface area (Å²) < 4.78 is 18.2. The molecule has 1 aliphatic rings. The van der Waals surface area contributed by atoms with Crippen LogP contribution in [0, 0.1) is 11.2 Å².